The highest BCUT2D eigenvalue weighted by atomic mass is 16.7. The molecule has 2 aromatic rings. The lowest BCUT2D eigenvalue weighted by molar-refractivity contribution is -0.139. The summed E-state index contributed by atoms with van der Waals surface area (Å²) in [5, 5.41) is 0. The Kier molecular flexibility index (Phi) is 5.86. The minimum atomic E-state index is -0.495. The van der Waals surface area contributed by atoms with Crippen LogP contribution in [0.25, 0.3) is 0 Å². The standard InChI is InChI=1S/C24H30N2O4/c1-16-11-17(2)18(3)22(12-16)30-19(4)24(27)26-9-7-25(8-10-26)14-20-5-6-21-23(13-20)29-15-28-21/h5-6,11-13,19H,7-10,14-15H2,1-4H3/t19-/m1/s1. The summed E-state index contributed by atoms with van der Waals surface area (Å²) in [6.45, 7) is 12.2. The van der Waals surface area contributed by atoms with Gasteiger partial charge in [0.25, 0.3) is 5.91 Å². The van der Waals surface area contributed by atoms with Gasteiger partial charge in [0.05, 0.1) is 0 Å². The van der Waals surface area contributed by atoms with E-state index in [0.29, 0.717) is 19.9 Å². The molecule has 0 saturated carbocycles. The fourth-order valence-corrected chi connectivity index (χ4v) is 4.05. The van der Waals surface area contributed by atoms with Crippen molar-refractivity contribution in [2.45, 2.75) is 40.3 Å². The number of fused-ring (bicyclic) bond motifs is 1. The number of aryl methyl sites for hydroxylation is 2. The van der Waals surface area contributed by atoms with E-state index in [1.165, 1.54) is 11.1 Å². The second-order valence-electron chi connectivity index (χ2n) is 8.25. The lowest BCUT2D eigenvalue weighted by atomic mass is 10.1. The van der Waals surface area contributed by atoms with Gasteiger partial charge in [-0.1, -0.05) is 12.1 Å². The zero-order valence-corrected chi connectivity index (χ0v) is 18.2. The molecule has 2 heterocycles. The van der Waals surface area contributed by atoms with E-state index in [2.05, 4.69) is 24.0 Å². The van der Waals surface area contributed by atoms with Crippen LogP contribution in [0.4, 0.5) is 0 Å². The van der Waals surface area contributed by atoms with Crippen LogP contribution in [0.1, 0.15) is 29.2 Å². The van der Waals surface area contributed by atoms with Crippen molar-refractivity contribution in [2.24, 2.45) is 0 Å². The van der Waals surface area contributed by atoms with Gasteiger partial charge in [0.1, 0.15) is 5.75 Å². The van der Waals surface area contributed by atoms with E-state index in [-0.39, 0.29) is 5.91 Å². The number of amides is 1. The maximum absolute atomic E-state index is 12.9. The van der Waals surface area contributed by atoms with E-state index in [9.17, 15) is 4.79 Å². The molecule has 160 valence electrons. The van der Waals surface area contributed by atoms with Crippen LogP contribution in [0.5, 0.6) is 17.2 Å². The molecule has 30 heavy (non-hydrogen) atoms. The van der Waals surface area contributed by atoms with Crippen LogP contribution in [-0.4, -0.2) is 54.8 Å². The Bertz CT molecular complexity index is 935. The van der Waals surface area contributed by atoms with Crippen molar-refractivity contribution in [2.75, 3.05) is 33.0 Å². The first kappa shape index (κ1) is 20.5. The van der Waals surface area contributed by atoms with Gasteiger partial charge in [0, 0.05) is 32.7 Å². The van der Waals surface area contributed by atoms with Crippen LogP contribution in [-0.2, 0) is 11.3 Å². The maximum atomic E-state index is 12.9. The average Bonchev–Trinajstić information content (AvgIpc) is 3.19. The molecule has 2 aliphatic heterocycles. The van der Waals surface area contributed by atoms with Crippen molar-refractivity contribution in [1.29, 1.82) is 0 Å². The molecular formula is C24H30N2O4. The smallest absolute Gasteiger partial charge is 0.263 e. The number of benzene rings is 2. The number of rotatable bonds is 5. The molecule has 0 bridgehead atoms. The van der Waals surface area contributed by atoms with Gasteiger partial charge in [-0.2, -0.15) is 0 Å². The van der Waals surface area contributed by atoms with Crippen LogP contribution in [0.3, 0.4) is 0 Å². The minimum Gasteiger partial charge on any atom is -0.481 e. The predicted octanol–water partition coefficient (Wildman–Crippen LogP) is 3.45. The third-order valence-corrected chi connectivity index (χ3v) is 5.94. The molecule has 1 atom stereocenters. The molecule has 0 radical (unpaired) electrons. The van der Waals surface area contributed by atoms with Gasteiger partial charge in [-0.3, -0.25) is 9.69 Å². The van der Waals surface area contributed by atoms with Crippen LogP contribution < -0.4 is 14.2 Å². The van der Waals surface area contributed by atoms with Crippen LogP contribution >= 0.6 is 0 Å². The fraction of sp³-hybridized carbons (Fsp3) is 0.458. The number of carbonyl (C=O) groups excluding carboxylic acids is 1. The number of piperazine rings is 1. The Morgan fingerprint density at radius 3 is 2.53 bits per heavy atom. The predicted molar refractivity (Wildman–Crippen MR) is 115 cm³/mol. The SMILES string of the molecule is Cc1cc(C)c(C)c(O[C@H](C)C(=O)N2CCN(Cc3ccc4c(c3)OCO4)CC2)c1. The van der Waals surface area contributed by atoms with E-state index in [0.717, 1.165) is 48.0 Å². The molecule has 6 nitrogen and oxygen atoms in total. The molecule has 4 rings (SSSR count). The molecule has 0 spiro atoms. The molecule has 0 aromatic heterocycles. The molecule has 2 aromatic carbocycles. The van der Waals surface area contributed by atoms with Gasteiger partial charge in [0.2, 0.25) is 6.79 Å². The summed E-state index contributed by atoms with van der Waals surface area (Å²) in [7, 11) is 0. The second-order valence-corrected chi connectivity index (χ2v) is 8.25. The zero-order valence-electron chi connectivity index (χ0n) is 18.2. The molecule has 0 unspecified atom stereocenters. The molecule has 0 aliphatic carbocycles. The quantitative estimate of drug-likeness (QED) is 0.756. The highest BCUT2D eigenvalue weighted by Crippen LogP contribution is 2.33. The first-order valence-electron chi connectivity index (χ1n) is 10.5. The number of nitrogens with zero attached hydrogens (tertiary/aromatic N) is 2. The van der Waals surface area contributed by atoms with E-state index < -0.39 is 6.10 Å². The van der Waals surface area contributed by atoms with Crippen molar-refractivity contribution >= 4 is 5.91 Å². The lowest BCUT2D eigenvalue weighted by Crippen LogP contribution is -2.51. The first-order valence-corrected chi connectivity index (χ1v) is 10.5. The summed E-state index contributed by atoms with van der Waals surface area (Å²) in [6.07, 6.45) is -0.495. The highest BCUT2D eigenvalue weighted by molar-refractivity contribution is 5.81. The monoisotopic (exact) mass is 410 g/mol. The van der Waals surface area contributed by atoms with Crippen molar-refractivity contribution in [3.63, 3.8) is 0 Å². The third kappa shape index (κ3) is 4.38. The Morgan fingerprint density at radius 1 is 1.03 bits per heavy atom. The van der Waals surface area contributed by atoms with Gasteiger partial charge in [-0.15, -0.1) is 0 Å². The number of ether oxygens (including phenoxy) is 3. The van der Waals surface area contributed by atoms with Gasteiger partial charge < -0.3 is 19.1 Å². The van der Waals surface area contributed by atoms with Crippen molar-refractivity contribution < 1.29 is 19.0 Å². The Morgan fingerprint density at radius 2 is 1.77 bits per heavy atom. The molecular weight excluding hydrogens is 380 g/mol. The van der Waals surface area contributed by atoms with Crippen LogP contribution in [0.15, 0.2) is 30.3 Å². The average molecular weight is 411 g/mol. The van der Waals surface area contributed by atoms with Crippen molar-refractivity contribution in [3.05, 3.63) is 52.6 Å². The number of hydrogen-bond donors (Lipinski definition) is 0. The summed E-state index contributed by atoms with van der Waals surface area (Å²) in [5.74, 6) is 2.47. The first-order chi connectivity index (χ1) is 14.4. The topological polar surface area (TPSA) is 51.2 Å². The molecule has 1 saturated heterocycles. The summed E-state index contributed by atoms with van der Waals surface area (Å²) in [5.41, 5.74) is 4.61. The second kappa shape index (κ2) is 8.56. The normalized spacial score (nSPS) is 17.1. The highest BCUT2D eigenvalue weighted by Gasteiger charge is 2.27. The molecule has 1 amide bonds. The summed E-state index contributed by atoms with van der Waals surface area (Å²) in [4.78, 5) is 17.2. The van der Waals surface area contributed by atoms with E-state index in [1.807, 2.05) is 43.9 Å². The van der Waals surface area contributed by atoms with Crippen LogP contribution in [0, 0.1) is 20.8 Å². The Hall–Kier alpha value is -2.73. The summed E-state index contributed by atoms with van der Waals surface area (Å²) < 4.78 is 16.9. The van der Waals surface area contributed by atoms with Gasteiger partial charge in [-0.25, -0.2) is 0 Å². The fourth-order valence-electron chi connectivity index (χ4n) is 4.05. The Balaban J connectivity index is 1.31. The summed E-state index contributed by atoms with van der Waals surface area (Å²) in [6, 6.07) is 10.2. The molecule has 2 aliphatic rings. The lowest BCUT2D eigenvalue weighted by Gasteiger charge is -2.36. The van der Waals surface area contributed by atoms with Gasteiger partial charge in [0.15, 0.2) is 17.6 Å². The Labute approximate surface area is 178 Å². The van der Waals surface area contributed by atoms with Gasteiger partial charge in [-0.05, 0) is 68.1 Å². The summed E-state index contributed by atoms with van der Waals surface area (Å²) >= 11 is 0. The molecule has 0 N–H and O–H groups in total. The van der Waals surface area contributed by atoms with Crippen LogP contribution in [0.2, 0.25) is 0 Å². The third-order valence-electron chi connectivity index (χ3n) is 5.94. The molecule has 6 heteroatoms. The number of hydrogen-bond acceptors (Lipinski definition) is 5. The van der Waals surface area contributed by atoms with E-state index in [1.54, 1.807) is 0 Å². The van der Waals surface area contributed by atoms with Gasteiger partial charge >= 0.3 is 0 Å². The van der Waals surface area contributed by atoms with Crippen molar-refractivity contribution in [1.82, 2.24) is 9.80 Å². The van der Waals surface area contributed by atoms with E-state index in [4.69, 9.17) is 14.2 Å². The number of carbonyl (C=O) groups is 1. The minimum absolute atomic E-state index is 0.0521. The van der Waals surface area contributed by atoms with E-state index >= 15 is 0 Å². The largest absolute Gasteiger partial charge is 0.481 e. The maximum Gasteiger partial charge on any atom is 0.263 e. The molecule has 1 fully saturated rings. The zero-order chi connectivity index (χ0) is 21.3. The van der Waals surface area contributed by atoms with Crippen molar-refractivity contribution in [3.8, 4) is 17.2 Å².